The van der Waals surface area contributed by atoms with Crippen molar-refractivity contribution in [2.75, 3.05) is 6.61 Å². The summed E-state index contributed by atoms with van der Waals surface area (Å²) in [7, 11) is 0. The van der Waals surface area contributed by atoms with Gasteiger partial charge in [-0.25, -0.2) is 4.39 Å². The molecule has 82 valence electrons. The number of carboxylic acid groups (broad SMARTS) is 1. The van der Waals surface area contributed by atoms with Gasteiger partial charge in [-0.2, -0.15) is 0 Å². The fraction of sp³-hybridized carbons (Fsp3) is 0.364. The molecule has 1 aromatic carbocycles. The predicted molar refractivity (Wildman–Crippen MR) is 53.5 cm³/mol. The highest BCUT2D eigenvalue weighted by Crippen LogP contribution is 2.17. The molecule has 3 nitrogen and oxygen atoms in total. The molecule has 0 saturated heterocycles. The molecule has 0 fully saturated rings. The van der Waals surface area contributed by atoms with E-state index in [1.807, 2.05) is 6.92 Å². The summed E-state index contributed by atoms with van der Waals surface area (Å²) < 4.78 is 18.5. The normalized spacial score (nSPS) is 10.0. The van der Waals surface area contributed by atoms with Gasteiger partial charge in [0.1, 0.15) is 11.6 Å². The van der Waals surface area contributed by atoms with Crippen molar-refractivity contribution in [1.82, 2.24) is 0 Å². The van der Waals surface area contributed by atoms with E-state index in [-0.39, 0.29) is 12.0 Å². The van der Waals surface area contributed by atoms with Gasteiger partial charge < -0.3 is 9.84 Å². The zero-order chi connectivity index (χ0) is 11.3. The highest BCUT2D eigenvalue weighted by molar-refractivity contribution is 5.70. The fourth-order valence-electron chi connectivity index (χ4n) is 1.14. The lowest BCUT2D eigenvalue weighted by molar-refractivity contribution is -0.136. The summed E-state index contributed by atoms with van der Waals surface area (Å²) in [6.07, 6.45) is 0.540. The number of benzene rings is 1. The fourth-order valence-corrected chi connectivity index (χ4v) is 1.14. The second-order valence-corrected chi connectivity index (χ2v) is 3.17. The molecule has 4 heteroatoms. The number of hydrogen-bond acceptors (Lipinski definition) is 2. The SMILES string of the molecule is CCCOc1ccc(CC(=O)O)c(F)c1. The lowest BCUT2D eigenvalue weighted by Gasteiger charge is -2.06. The molecule has 0 saturated carbocycles. The van der Waals surface area contributed by atoms with Gasteiger partial charge >= 0.3 is 5.97 Å². The Labute approximate surface area is 87.5 Å². The summed E-state index contributed by atoms with van der Waals surface area (Å²) in [6.45, 7) is 2.48. The largest absolute Gasteiger partial charge is 0.494 e. The minimum Gasteiger partial charge on any atom is -0.494 e. The topological polar surface area (TPSA) is 46.5 Å². The van der Waals surface area contributed by atoms with E-state index in [9.17, 15) is 9.18 Å². The first-order valence-electron chi connectivity index (χ1n) is 4.76. The van der Waals surface area contributed by atoms with Crippen LogP contribution in [-0.4, -0.2) is 17.7 Å². The summed E-state index contributed by atoms with van der Waals surface area (Å²) in [5, 5.41) is 8.50. The van der Waals surface area contributed by atoms with Gasteiger partial charge in [0.05, 0.1) is 13.0 Å². The van der Waals surface area contributed by atoms with Crippen molar-refractivity contribution in [3.8, 4) is 5.75 Å². The van der Waals surface area contributed by atoms with Crippen molar-refractivity contribution in [2.45, 2.75) is 19.8 Å². The average Bonchev–Trinajstić information content (AvgIpc) is 2.18. The molecule has 15 heavy (non-hydrogen) atoms. The Bertz CT molecular complexity index is 350. The minimum atomic E-state index is -1.05. The molecule has 0 atom stereocenters. The van der Waals surface area contributed by atoms with E-state index < -0.39 is 11.8 Å². The lowest BCUT2D eigenvalue weighted by Crippen LogP contribution is -2.03. The first-order chi connectivity index (χ1) is 7.13. The summed E-state index contributed by atoms with van der Waals surface area (Å²) in [5.41, 5.74) is 0.173. The zero-order valence-corrected chi connectivity index (χ0v) is 8.50. The molecule has 0 radical (unpaired) electrons. The van der Waals surface area contributed by atoms with Crippen LogP contribution >= 0.6 is 0 Å². The van der Waals surface area contributed by atoms with Crippen molar-refractivity contribution in [1.29, 1.82) is 0 Å². The smallest absolute Gasteiger partial charge is 0.307 e. The van der Waals surface area contributed by atoms with Crippen LogP contribution < -0.4 is 4.74 Å². The zero-order valence-electron chi connectivity index (χ0n) is 8.50. The van der Waals surface area contributed by atoms with Gasteiger partial charge in [-0.1, -0.05) is 13.0 Å². The van der Waals surface area contributed by atoms with E-state index in [1.165, 1.54) is 12.1 Å². The molecule has 0 aliphatic carbocycles. The van der Waals surface area contributed by atoms with Crippen LogP contribution in [0, 0.1) is 5.82 Å². The summed E-state index contributed by atoms with van der Waals surface area (Å²) >= 11 is 0. The van der Waals surface area contributed by atoms with Gasteiger partial charge in [-0.05, 0) is 18.1 Å². The number of carboxylic acids is 1. The molecule has 0 aliphatic rings. The van der Waals surface area contributed by atoms with Crippen molar-refractivity contribution in [3.05, 3.63) is 29.6 Å². The third-order valence-corrected chi connectivity index (χ3v) is 1.84. The second kappa shape index (κ2) is 5.34. The van der Waals surface area contributed by atoms with Crippen LogP contribution in [-0.2, 0) is 11.2 Å². The quantitative estimate of drug-likeness (QED) is 0.814. The van der Waals surface area contributed by atoms with E-state index in [2.05, 4.69) is 0 Å². The monoisotopic (exact) mass is 212 g/mol. The first kappa shape index (κ1) is 11.5. The van der Waals surface area contributed by atoms with Crippen molar-refractivity contribution in [2.24, 2.45) is 0 Å². The standard InChI is InChI=1S/C11H13FO3/c1-2-5-15-9-4-3-8(6-11(13)14)10(12)7-9/h3-4,7H,2,5-6H2,1H3,(H,13,14). The first-order valence-corrected chi connectivity index (χ1v) is 4.76. The Morgan fingerprint density at radius 2 is 2.27 bits per heavy atom. The Hall–Kier alpha value is -1.58. The van der Waals surface area contributed by atoms with Gasteiger partial charge in [0, 0.05) is 6.07 Å². The van der Waals surface area contributed by atoms with Crippen LogP contribution in [0.15, 0.2) is 18.2 Å². The van der Waals surface area contributed by atoms with E-state index in [0.717, 1.165) is 6.42 Å². The summed E-state index contributed by atoms with van der Waals surface area (Å²) in [4.78, 5) is 10.4. The highest BCUT2D eigenvalue weighted by atomic mass is 19.1. The van der Waals surface area contributed by atoms with Gasteiger partial charge in [0.15, 0.2) is 0 Å². The minimum absolute atomic E-state index is 0.173. The van der Waals surface area contributed by atoms with Crippen molar-refractivity contribution >= 4 is 5.97 Å². The van der Waals surface area contributed by atoms with Crippen LogP contribution in [0.3, 0.4) is 0 Å². The molecule has 0 spiro atoms. The van der Waals surface area contributed by atoms with E-state index in [0.29, 0.717) is 12.4 Å². The predicted octanol–water partition coefficient (Wildman–Crippen LogP) is 2.24. The molecule has 0 unspecified atom stereocenters. The van der Waals surface area contributed by atoms with Gasteiger partial charge in [-0.3, -0.25) is 4.79 Å². The maximum absolute atomic E-state index is 13.3. The van der Waals surface area contributed by atoms with Crippen LogP contribution in [0.4, 0.5) is 4.39 Å². The van der Waals surface area contributed by atoms with Gasteiger partial charge in [-0.15, -0.1) is 0 Å². The molecule has 0 heterocycles. The Kier molecular flexibility index (Phi) is 4.09. The van der Waals surface area contributed by atoms with Gasteiger partial charge in [0.25, 0.3) is 0 Å². The van der Waals surface area contributed by atoms with Crippen LogP contribution in [0.25, 0.3) is 0 Å². The Morgan fingerprint density at radius 3 is 2.80 bits per heavy atom. The molecule has 1 N–H and O–H groups in total. The number of halogens is 1. The van der Waals surface area contributed by atoms with E-state index in [4.69, 9.17) is 9.84 Å². The second-order valence-electron chi connectivity index (χ2n) is 3.17. The lowest BCUT2D eigenvalue weighted by atomic mass is 10.1. The van der Waals surface area contributed by atoms with Crippen LogP contribution in [0.1, 0.15) is 18.9 Å². The third-order valence-electron chi connectivity index (χ3n) is 1.84. The van der Waals surface area contributed by atoms with Crippen LogP contribution in [0.5, 0.6) is 5.75 Å². The molecule has 1 aromatic rings. The number of carbonyl (C=O) groups is 1. The highest BCUT2D eigenvalue weighted by Gasteiger charge is 2.07. The molecule has 0 aromatic heterocycles. The summed E-state index contributed by atoms with van der Waals surface area (Å²) in [6, 6.07) is 4.24. The maximum Gasteiger partial charge on any atom is 0.307 e. The van der Waals surface area contributed by atoms with Crippen molar-refractivity contribution < 1.29 is 19.0 Å². The summed E-state index contributed by atoms with van der Waals surface area (Å²) in [5.74, 6) is -1.15. The maximum atomic E-state index is 13.3. The molecule has 0 bridgehead atoms. The van der Waals surface area contributed by atoms with Gasteiger partial charge in [0.2, 0.25) is 0 Å². The van der Waals surface area contributed by atoms with Crippen molar-refractivity contribution in [3.63, 3.8) is 0 Å². The molecular weight excluding hydrogens is 199 g/mol. The van der Waals surface area contributed by atoms with Crippen LogP contribution in [0.2, 0.25) is 0 Å². The molecule has 0 amide bonds. The number of hydrogen-bond donors (Lipinski definition) is 1. The molecule has 1 rings (SSSR count). The third kappa shape index (κ3) is 3.58. The number of rotatable bonds is 5. The average molecular weight is 212 g/mol. The number of aliphatic carboxylic acids is 1. The Balaban J connectivity index is 2.74. The Morgan fingerprint density at radius 1 is 1.53 bits per heavy atom. The molecule has 0 aliphatic heterocycles. The number of ether oxygens (including phenoxy) is 1. The van der Waals surface area contributed by atoms with E-state index >= 15 is 0 Å². The van der Waals surface area contributed by atoms with E-state index in [1.54, 1.807) is 6.07 Å². The molecular formula is C11H13FO3.